The Morgan fingerprint density at radius 2 is 0.917 bits per heavy atom. The minimum absolute atomic E-state index is 1.13. The quantitative estimate of drug-likeness (QED) is 0.176. The Morgan fingerprint density at radius 1 is 0.354 bits per heavy atom. The lowest BCUT2D eigenvalue weighted by molar-refractivity contribution is 1.31. The number of rotatable bonds is 4. The maximum Gasteiger partial charge on any atom is 0.0646 e. The highest BCUT2D eigenvalue weighted by molar-refractivity contribution is 7.26. The highest BCUT2D eigenvalue weighted by atomic mass is 32.1. The van der Waals surface area contributed by atoms with Crippen LogP contribution in [0.3, 0.4) is 0 Å². The third-order valence-electron chi connectivity index (χ3n) is 9.79. The second-order valence-electron chi connectivity index (χ2n) is 12.5. The van der Waals surface area contributed by atoms with Gasteiger partial charge >= 0.3 is 0 Å². The van der Waals surface area contributed by atoms with Crippen LogP contribution in [0.25, 0.3) is 74.4 Å². The monoisotopic (exact) mass is 627 g/mol. The topological polar surface area (TPSA) is 3.24 Å². The van der Waals surface area contributed by atoms with Gasteiger partial charge in [-0.1, -0.05) is 140 Å². The maximum atomic E-state index is 2.46. The van der Waals surface area contributed by atoms with Gasteiger partial charge in [0.15, 0.2) is 0 Å². The Balaban J connectivity index is 1.25. The predicted molar refractivity (Wildman–Crippen MR) is 209 cm³/mol. The zero-order chi connectivity index (χ0) is 31.6. The van der Waals surface area contributed by atoms with Gasteiger partial charge in [-0.25, -0.2) is 0 Å². The van der Waals surface area contributed by atoms with E-state index in [-0.39, 0.29) is 0 Å². The second-order valence-corrected chi connectivity index (χ2v) is 13.6. The molecule has 10 rings (SSSR count). The molecule has 1 aromatic heterocycles. The fraction of sp³-hybridized carbons (Fsp3) is 0. The number of thiophene rings is 1. The van der Waals surface area contributed by atoms with Gasteiger partial charge in [0.05, 0.1) is 10.4 Å². The van der Waals surface area contributed by atoms with E-state index in [1.807, 2.05) is 11.3 Å². The summed E-state index contributed by atoms with van der Waals surface area (Å²) < 4.78 is 2.60. The minimum atomic E-state index is 1.13. The molecule has 0 amide bonds. The molecule has 1 nitrogen and oxygen atoms in total. The normalized spacial score (nSPS) is 11.8. The van der Waals surface area contributed by atoms with Crippen molar-refractivity contribution >= 4 is 91.7 Å². The van der Waals surface area contributed by atoms with Crippen LogP contribution in [0.1, 0.15) is 0 Å². The Morgan fingerprint density at radius 3 is 1.73 bits per heavy atom. The van der Waals surface area contributed by atoms with Crippen LogP contribution in [-0.2, 0) is 0 Å². The van der Waals surface area contributed by atoms with E-state index in [1.165, 1.54) is 80.1 Å². The highest BCUT2D eigenvalue weighted by Gasteiger charge is 2.21. The second kappa shape index (κ2) is 10.8. The molecule has 0 unspecified atom stereocenters. The number of hydrogen-bond donors (Lipinski definition) is 0. The molecule has 0 aliphatic rings. The Hall–Kier alpha value is -5.96. The summed E-state index contributed by atoms with van der Waals surface area (Å²) in [6.07, 6.45) is 0. The van der Waals surface area contributed by atoms with E-state index in [9.17, 15) is 0 Å². The van der Waals surface area contributed by atoms with Gasteiger partial charge in [-0.05, 0) is 90.6 Å². The van der Waals surface area contributed by atoms with E-state index >= 15 is 0 Å². The predicted octanol–water partition coefficient (Wildman–Crippen LogP) is 13.8. The number of anilines is 3. The van der Waals surface area contributed by atoms with Gasteiger partial charge < -0.3 is 4.90 Å². The fourth-order valence-corrected chi connectivity index (χ4v) is 8.77. The molecule has 0 saturated heterocycles. The summed E-state index contributed by atoms with van der Waals surface area (Å²) in [5.74, 6) is 0. The lowest BCUT2D eigenvalue weighted by atomic mass is 9.96. The van der Waals surface area contributed by atoms with Crippen molar-refractivity contribution in [2.75, 3.05) is 4.90 Å². The van der Waals surface area contributed by atoms with Crippen molar-refractivity contribution in [3.63, 3.8) is 0 Å². The summed E-state index contributed by atoms with van der Waals surface area (Å²) in [6.45, 7) is 0. The first-order valence-electron chi connectivity index (χ1n) is 16.4. The molecule has 0 aliphatic carbocycles. The Kier molecular flexibility index (Phi) is 6.12. The van der Waals surface area contributed by atoms with Crippen molar-refractivity contribution in [3.8, 4) is 11.1 Å². The number of hydrogen-bond acceptors (Lipinski definition) is 2. The van der Waals surface area contributed by atoms with Gasteiger partial charge in [-0.2, -0.15) is 0 Å². The van der Waals surface area contributed by atoms with Crippen LogP contribution < -0.4 is 4.90 Å². The first-order valence-corrected chi connectivity index (χ1v) is 17.2. The molecule has 0 bridgehead atoms. The van der Waals surface area contributed by atoms with Gasteiger partial charge in [0.2, 0.25) is 0 Å². The molecular formula is C46H29NS. The van der Waals surface area contributed by atoms with Crippen LogP contribution in [0.15, 0.2) is 176 Å². The molecule has 48 heavy (non-hydrogen) atoms. The zero-order valence-electron chi connectivity index (χ0n) is 26.1. The fourth-order valence-electron chi connectivity index (χ4n) is 7.55. The summed E-state index contributed by atoms with van der Waals surface area (Å²) in [6, 6.07) is 64.5. The standard InChI is InChI=1S/C46H29NS/c1-2-10-30(11-3-1)31-22-24-36(25-23-31)47(42-29-34-13-5-7-15-39(34)45-41-16-8-9-17-43(41)48-46(42)45)37-26-27-40-35(28-37)21-20-33-19-18-32-12-4-6-14-38(32)44(33)40/h1-29H. The first-order chi connectivity index (χ1) is 23.8. The summed E-state index contributed by atoms with van der Waals surface area (Å²) >= 11 is 1.89. The van der Waals surface area contributed by atoms with Crippen molar-refractivity contribution in [2.45, 2.75) is 0 Å². The lowest BCUT2D eigenvalue weighted by Crippen LogP contribution is -2.10. The highest BCUT2D eigenvalue weighted by Crippen LogP contribution is 2.48. The molecule has 2 heteroatoms. The average Bonchev–Trinajstić information content (AvgIpc) is 3.55. The molecule has 9 aromatic carbocycles. The molecule has 0 N–H and O–H groups in total. The van der Waals surface area contributed by atoms with Crippen LogP contribution in [0, 0.1) is 0 Å². The molecule has 224 valence electrons. The lowest BCUT2D eigenvalue weighted by Gasteiger charge is -2.27. The molecule has 0 radical (unpaired) electrons. The van der Waals surface area contributed by atoms with Crippen molar-refractivity contribution in [3.05, 3.63) is 176 Å². The van der Waals surface area contributed by atoms with Crippen LogP contribution in [0.2, 0.25) is 0 Å². The van der Waals surface area contributed by atoms with Crippen LogP contribution in [0.4, 0.5) is 17.1 Å². The summed E-state index contributed by atoms with van der Waals surface area (Å²) in [5.41, 5.74) is 5.90. The molecule has 0 saturated carbocycles. The van der Waals surface area contributed by atoms with E-state index in [4.69, 9.17) is 0 Å². The van der Waals surface area contributed by atoms with E-state index in [1.54, 1.807) is 0 Å². The number of nitrogens with zero attached hydrogens (tertiary/aromatic N) is 1. The van der Waals surface area contributed by atoms with Crippen LogP contribution in [0.5, 0.6) is 0 Å². The summed E-state index contributed by atoms with van der Waals surface area (Å²) in [7, 11) is 0. The van der Waals surface area contributed by atoms with Crippen molar-refractivity contribution in [2.24, 2.45) is 0 Å². The minimum Gasteiger partial charge on any atom is -0.309 e. The molecule has 0 fully saturated rings. The van der Waals surface area contributed by atoms with Crippen molar-refractivity contribution in [1.82, 2.24) is 0 Å². The number of benzene rings is 9. The smallest absolute Gasteiger partial charge is 0.0646 e. The van der Waals surface area contributed by atoms with E-state index in [2.05, 4.69) is 181 Å². The molecule has 10 aromatic rings. The van der Waals surface area contributed by atoms with Crippen LogP contribution in [-0.4, -0.2) is 0 Å². The SMILES string of the molecule is c1ccc(-c2ccc(N(c3ccc4c(ccc5ccc6ccccc6c54)c3)c3cc4ccccc4c4c3sc3ccccc34)cc2)cc1. The Labute approximate surface area is 282 Å². The molecule has 0 atom stereocenters. The summed E-state index contributed by atoms with van der Waals surface area (Å²) in [4.78, 5) is 2.46. The van der Waals surface area contributed by atoms with Gasteiger partial charge in [-0.15, -0.1) is 11.3 Å². The average molecular weight is 628 g/mol. The molecular weight excluding hydrogens is 599 g/mol. The molecule has 1 heterocycles. The largest absolute Gasteiger partial charge is 0.309 e. The van der Waals surface area contributed by atoms with Gasteiger partial charge in [-0.3, -0.25) is 0 Å². The van der Waals surface area contributed by atoms with Crippen molar-refractivity contribution in [1.29, 1.82) is 0 Å². The molecule has 0 spiro atoms. The third kappa shape index (κ3) is 4.24. The first kappa shape index (κ1) is 27.2. The van der Waals surface area contributed by atoms with E-state index < -0.39 is 0 Å². The molecule has 0 aliphatic heterocycles. The van der Waals surface area contributed by atoms with Gasteiger partial charge in [0.25, 0.3) is 0 Å². The zero-order valence-corrected chi connectivity index (χ0v) is 26.9. The third-order valence-corrected chi connectivity index (χ3v) is 11.0. The van der Waals surface area contributed by atoms with Crippen LogP contribution >= 0.6 is 11.3 Å². The van der Waals surface area contributed by atoms with Gasteiger partial charge in [0, 0.05) is 26.8 Å². The maximum absolute atomic E-state index is 2.46. The number of fused-ring (bicyclic) bond motifs is 10. The van der Waals surface area contributed by atoms with E-state index in [0.29, 0.717) is 0 Å². The Bertz CT molecular complexity index is 2830. The summed E-state index contributed by atoms with van der Waals surface area (Å²) in [5, 5.41) is 12.8. The van der Waals surface area contributed by atoms with Gasteiger partial charge in [0.1, 0.15) is 0 Å². The van der Waals surface area contributed by atoms with Crippen molar-refractivity contribution < 1.29 is 0 Å². The van der Waals surface area contributed by atoms with E-state index in [0.717, 1.165) is 11.4 Å².